The summed E-state index contributed by atoms with van der Waals surface area (Å²) in [6.07, 6.45) is 0. The smallest absolute Gasteiger partial charge is 0.273 e. The molecule has 4 rings (SSSR count). The Hall–Kier alpha value is -2.80. The third kappa shape index (κ3) is 3.49. The fraction of sp³-hybridized carbons (Fsp3) is 0.238. The first-order valence-corrected chi connectivity index (χ1v) is 9.98. The number of rotatable bonds is 4. The fourth-order valence-electron chi connectivity index (χ4n) is 3.33. The minimum Gasteiger partial charge on any atom is -0.497 e. The number of hydrogen-bond donors (Lipinski definition) is 0. The summed E-state index contributed by atoms with van der Waals surface area (Å²) in [7, 11) is 3.39. The van der Waals surface area contributed by atoms with Crippen molar-refractivity contribution in [2.75, 3.05) is 19.4 Å². The van der Waals surface area contributed by atoms with Gasteiger partial charge in [0.15, 0.2) is 0 Å². The van der Waals surface area contributed by atoms with Crippen LogP contribution in [-0.4, -0.2) is 40.0 Å². The number of carbonyl (C=O) groups excluding carboxylic acids is 1. The van der Waals surface area contributed by atoms with Crippen LogP contribution in [0.3, 0.4) is 0 Å². The Kier molecular flexibility index (Phi) is 5.09. The Labute approximate surface area is 167 Å². The highest BCUT2D eigenvalue weighted by atomic mass is 32.2. The van der Waals surface area contributed by atoms with Crippen LogP contribution in [0.25, 0.3) is 11.3 Å². The van der Waals surface area contributed by atoms with Crippen LogP contribution in [0.4, 0.5) is 4.39 Å². The fourth-order valence-corrected chi connectivity index (χ4v) is 4.57. The summed E-state index contributed by atoms with van der Waals surface area (Å²) < 4.78 is 20.1. The van der Waals surface area contributed by atoms with Gasteiger partial charge in [0, 0.05) is 24.9 Å². The molecule has 28 heavy (non-hydrogen) atoms. The van der Waals surface area contributed by atoms with Gasteiger partial charge in [0.1, 0.15) is 22.6 Å². The Morgan fingerprint density at radius 3 is 2.75 bits per heavy atom. The van der Waals surface area contributed by atoms with Crippen LogP contribution >= 0.6 is 11.8 Å². The third-order valence-electron chi connectivity index (χ3n) is 4.77. The highest BCUT2D eigenvalue weighted by Crippen LogP contribution is 2.39. The van der Waals surface area contributed by atoms with Gasteiger partial charge in [-0.05, 0) is 48.0 Å². The molecule has 7 heteroatoms. The molecular formula is C21H20FN3O2S. The van der Waals surface area contributed by atoms with Crippen molar-refractivity contribution in [3.05, 3.63) is 71.7 Å². The van der Waals surface area contributed by atoms with Gasteiger partial charge in [0.2, 0.25) is 0 Å². The lowest BCUT2D eigenvalue weighted by Crippen LogP contribution is -2.31. The van der Waals surface area contributed by atoms with Crippen LogP contribution in [0.1, 0.15) is 21.4 Å². The van der Waals surface area contributed by atoms with Gasteiger partial charge >= 0.3 is 0 Å². The van der Waals surface area contributed by atoms with E-state index < -0.39 is 0 Å². The van der Waals surface area contributed by atoms with E-state index in [1.165, 1.54) is 12.1 Å². The van der Waals surface area contributed by atoms with E-state index in [4.69, 9.17) is 4.74 Å². The van der Waals surface area contributed by atoms with Crippen LogP contribution in [0.2, 0.25) is 0 Å². The molecule has 2 heterocycles. The van der Waals surface area contributed by atoms with Crippen molar-refractivity contribution in [1.29, 1.82) is 0 Å². The van der Waals surface area contributed by atoms with Crippen molar-refractivity contribution < 1.29 is 13.9 Å². The summed E-state index contributed by atoms with van der Waals surface area (Å²) >= 11 is 1.73. The molecule has 1 aromatic heterocycles. The molecule has 0 bridgehead atoms. The number of aromatic nitrogens is 2. The molecule has 0 spiro atoms. The van der Waals surface area contributed by atoms with Gasteiger partial charge in [-0.25, -0.2) is 4.39 Å². The summed E-state index contributed by atoms with van der Waals surface area (Å²) in [6, 6.07) is 15.7. The Balaban J connectivity index is 1.62. The highest BCUT2D eigenvalue weighted by Gasteiger charge is 2.33. The zero-order chi connectivity index (χ0) is 19.7. The predicted molar refractivity (Wildman–Crippen MR) is 108 cm³/mol. The second kappa shape index (κ2) is 7.67. The van der Waals surface area contributed by atoms with Crippen molar-refractivity contribution in [3.63, 3.8) is 0 Å². The average Bonchev–Trinajstić information content (AvgIpc) is 3.35. The van der Waals surface area contributed by atoms with E-state index in [-0.39, 0.29) is 17.1 Å². The van der Waals surface area contributed by atoms with Crippen LogP contribution in [-0.2, 0) is 7.05 Å². The van der Waals surface area contributed by atoms with E-state index in [9.17, 15) is 9.18 Å². The monoisotopic (exact) mass is 397 g/mol. The number of ether oxygens (including phenoxy) is 1. The Morgan fingerprint density at radius 2 is 2.00 bits per heavy atom. The first kappa shape index (κ1) is 18.6. The summed E-state index contributed by atoms with van der Waals surface area (Å²) in [5.41, 5.74) is 2.97. The molecule has 1 amide bonds. The maximum atomic E-state index is 13.3. The van der Waals surface area contributed by atoms with Gasteiger partial charge in [-0.3, -0.25) is 9.48 Å². The molecule has 0 saturated carbocycles. The van der Waals surface area contributed by atoms with Crippen LogP contribution in [0.5, 0.6) is 5.75 Å². The zero-order valence-corrected chi connectivity index (χ0v) is 16.4. The van der Waals surface area contributed by atoms with Crippen LogP contribution in [0, 0.1) is 5.82 Å². The number of hydrogen-bond acceptors (Lipinski definition) is 4. The van der Waals surface area contributed by atoms with E-state index in [0.717, 1.165) is 22.6 Å². The number of halogens is 1. The average molecular weight is 397 g/mol. The van der Waals surface area contributed by atoms with Gasteiger partial charge in [0.05, 0.1) is 12.8 Å². The molecule has 144 valence electrons. The number of thioether (sulfide) groups is 1. The SMILES string of the molecule is COc1cccc(C2SCCN2C(=O)c2cc(-c3ccc(F)cc3)nn2C)c1. The molecule has 1 unspecified atom stereocenters. The lowest BCUT2D eigenvalue weighted by atomic mass is 10.1. The first-order chi connectivity index (χ1) is 13.6. The van der Waals surface area contributed by atoms with Crippen LogP contribution < -0.4 is 4.74 Å². The van der Waals surface area contributed by atoms with Crippen molar-refractivity contribution in [1.82, 2.24) is 14.7 Å². The molecule has 1 fully saturated rings. The summed E-state index contributed by atoms with van der Waals surface area (Å²) in [5, 5.41) is 4.38. The van der Waals surface area contributed by atoms with Crippen LogP contribution in [0.15, 0.2) is 54.6 Å². The second-order valence-electron chi connectivity index (χ2n) is 6.54. The van der Waals surface area contributed by atoms with E-state index in [1.54, 1.807) is 48.8 Å². The molecule has 0 aliphatic carbocycles. The Morgan fingerprint density at radius 1 is 1.21 bits per heavy atom. The minimum absolute atomic E-state index is 0.0632. The van der Waals surface area contributed by atoms with Crippen molar-refractivity contribution in [3.8, 4) is 17.0 Å². The summed E-state index contributed by atoms with van der Waals surface area (Å²) in [5.74, 6) is 1.28. The zero-order valence-electron chi connectivity index (χ0n) is 15.6. The van der Waals surface area contributed by atoms with Crippen molar-refractivity contribution >= 4 is 17.7 Å². The van der Waals surface area contributed by atoms with E-state index in [1.807, 2.05) is 29.2 Å². The number of nitrogens with zero attached hydrogens (tertiary/aromatic N) is 3. The van der Waals surface area contributed by atoms with Gasteiger partial charge in [-0.2, -0.15) is 5.10 Å². The predicted octanol–water partition coefficient (Wildman–Crippen LogP) is 4.12. The minimum atomic E-state index is -0.300. The molecule has 2 aromatic carbocycles. The molecular weight excluding hydrogens is 377 g/mol. The molecule has 1 aliphatic rings. The molecule has 0 radical (unpaired) electrons. The molecule has 1 saturated heterocycles. The Bertz CT molecular complexity index is 1000. The number of methoxy groups -OCH3 is 1. The topological polar surface area (TPSA) is 47.4 Å². The largest absolute Gasteiger partial charge is 0.497 e. The summed E-state index contributed by atoms with van der Waals surface area (Å²) in [4.78, 5) is 15.1. The van der Waals surface area contributed by atoms with E-state index in [0.29, 0.717) is 17.9 Å². The lowest BCUT2D eigenvalue weighted by molar-refractivity contribution is 0.0749. The van der Waals surface area contributed by atoms with Gasteiger partial charge in [0.25, 0.3) is 5.91 Å². The maximum absolute atomic E-state index is 13.3. The summed E-state index contributed by atoms with van der Waals surface area (Å²) in [6.45, 7) is 0.669. The third-order valence-corrected chi connectivity index (χ3v) is 6.03. The van der Waals surface area contributed by atoms with Gasteiger partial charge in [-0.1, -0.05) is 12.1 Å². The number of carbonyl (C=O) groups is 1. The normalized spacial score (nSPS) is 16.4. The van der Waals surface area contributed by atoms with Crippen molar-refractivity contribution in [2.24, 2.45) is 7.05 Å². The quantitative estimate of drug-likeness (QED) is 0.664. The molecule has 1 atom stereocenters. The number of aryl methyl sites for hydroxylation is 1. The molecule has 5 nitrogen and oxygen atoms in total. The standard InChI is InChI=1S/C21H20FN3O2S/c1-24-19(13-18(23-24)14-6-8-16(22)9-7-14)20(26)25-10-11-28-21(25)15-4-3-5-17(12-15)27-2/h3-9,12-13,21H,10-11H2,1-2H3. The molecule has 3 aromatic rings. The van der Waals surface area contributed by atoms with E-state index in [2.05, 4.69) is 5.10 Å². The molecule has 0 N–H and O–H groups in total. The molecule has 1 aliphatic heterocycles. The highest BCUT2D eigenvalue weighted by molar-refractivity contribution is 7.99. The lowest BCUT2D eigenvalue weighted by Gasteiger charge is -2.24. The maximum Gasteiger partial charge on any atom is 0.273 e. The van der Waals surface area contributed by atoms with Crippen molar-refractivity contribution in [2.45, 2.75) is 5.37 Å². The second-order valence-corrected chi connectivity index (χ2v) is 7.73. The first-order valence-electron chi connectivity index (χ1n) is 8.93. The number of amides is 1. The number of benzene rings is 2. The van der Waals surface area contributed by atoms with Gasteiger partial charge in [-0.15, -0.1) is 11.8 Å². The van der Waals surface area contributed by atoms with Gasteiger partial charge < -0.3 is 9.64 Å². The van der Waals surface area contributed by atoms with E-state index >= 15 is 0 Å².